The standard InChI is InChI=1S/C10H9FN2O2.Al.H/c1-13-8-3-2-6(5-11)4-7(8)12-9(13)10(14)15;;/h2-4H,5H2,1H3,(H,14,15);;/q;+1;/p-1. The highest BCUT2D eigenvalue weighted by Crippen LogP contribution is 2.17. The summed E-state index contributed by atoms with van der Waals surface area (Å²) in [6.07, 6.45) is 0. The lowest BCUT2D eigenvalue weighted by Crippen LogP contribution is -2.09. The Balaban J connectivity index is 2.63. The summed E-state index contributed by atoms with van der Waals surface area (Å²) in [5.74, 6) is -0.264. The van der Waals surface area contributed by atoms with Crippen molar-refractivity contribution in [1.29, 1.82) is 0 Å². The molecule has 0 aliphatic rings. The Morgan fingerprint density at radius 3 is 3.00 bits per heavy atom. The van der Waals surface area contributed by atoms with Gasteiger partial charge < -0.3 is 8.36 Å². The van der Waals surface area contributed by atoms with E-state index in [1.807, 2.05) is 0 Å². The van der Waals surface area contributed by atoms with Crippen LogP contribution in [0.4, 0.5) is 4.39 Å². The van der Waals surface area contributed by atoms with Crippen LogP contribution in [0.3, 0.4) is 0 Å². The smallest absolute Gasteiger partial charge is 0.497 e. The number of hydrogen-bond acceptors (Lipinski definition) is 3. The Morgan fingerprint density at radius 1 is 1.62 bits per heavy atom. The highest BCUT2D eigenvalue weighted by Gasteiger charge is 2.14. The van der Waals surface area contributed by atoms with Crippen molar-refractivity contribution in [3.63, 3.8) is 0 Å². The highest BCUT2D eigenvalue weighted by atomic mass is 27.1. The van der Waals surface area contributed by atoms with E-state index in [0.29, 0.717) is 11.1 Å². The lowest BCUT2D eigenvalue weighted by Gasteiger charge is -2.00. The second kappa shape index (κ2) is 4.24. The number of aromatic nitrogens is 2. The van der Waals surface area contributed by atoms with Gasteiger partial charge >= 0.3 is 22.6 Å². The maximum absolute atomic E-state index is 12.5. The van der Waals surface area contributed by atoms with Crippen LogP contribution < -0.4 is 0 Å². The second-order valence-corrected chi connectivity index (χ2v) is 3.67. The van der Waals surface area contributed by atoms with Crippen LogP contribution in [0.15, 0.2) is 18.2 Å². The Hall–Kier alpha value is -1.38. The lowest BCUT2D eigenvalue weighted by atomic mass is 10.2. The van der Waals surface area contributed by atoms with Gasteiger partial charge in [-0.1, -0.05) is 6.07 Å². The van der Waals surface area contributed by atoms with E-state index in [1.54, 1.807) is 29.8 Å². The van der Waals surface area contributed by atoms with Gasteiger partial charge in [-0.2, -0.15) is 0 Å². The van der Waals surface area contributed by atoms with Gasteiger partial charge in [0.15, 0.2) is 0 Å². The van der Waals surface area contributed by atoms with E-state index in [0.717, 1.165) is 22.1 Å². The predicted octanol–water partition coefficient (Wildman–Crippen LogP) is 1.02. The molecule has 0 saturated carbocycles. The average molecular weight is 235 g/mol. The van der Waals surface area contributed by atoms with Crippen LogP contribution in [0.2, 0.25) is 0 Å². The topological polar surface area (TPSA) is 44.1 Å². The van der Waals surface area contributed by atoms with E-state index in [4.69, 9.17) is 0 Å². The maximum Gasteiger partial charge on any atom is 0.497 e. The fourth-order valence-corrected chi connectivity index (χ4v) is 1.70. The van der Waals surface area contributed by atoms with Crippen molar-refractivity contribution in [2.24, 2.45) is 7.05 Å². The number of aryl methyl sites for hydroxylation is 1. The highest BCUT2D eigenvalue weighted by molar-refractivity contribution is 6.09. The number of imidazole rings is 1. The van der Waals surface area contributed by atoms with Crippen LogP contribution >= 0.6 is 0 Å². The van der Waals surface area contributed by atoms with Gasteiger partial charge in [-0.3, -0.25) is 0 Å². The normalized spacial score (nSPS) is 10.6. The molecule has 0 fully saturated rings. The Morgan fingerprint density at radius 2 is 2.38 bits per heavy atom. The molecule has 4 nitrogen and oxygen atoms in total. The van der Waals surface area contributed by atoms with Crippen molar-refractivity contribution in [2.45, 2.75) is 6.67 Å². The minimum absolute atomic E-state index is 0.223. The number of carbonyl (C=O) groups is 1. The molecule has 0 unspecified atom stereocenters. The first-order valence-electron chi connectivity index (χ1n) is 4.65. The lowest BCUT2D eigenvalue weighted by molar-refractivity contribution is 0.0734. The first-order chi connectivity index (χ1) is 7.67. The van der Waals surface area contributed by atoms with Crippen LogP contribution in [0.5, 0.6) is 0 Å². The molecule has 0 atom stereocenters. The van der Waals surface area contributed by atoms with Crippen molar-refractivity contribution >= 4 is 33.6 Å². The molecule has 1 heterocycles. The Kier molecular flexibility index (Phi) is 2.95. The Labute approximate surface area is 99.8 Å². The van der Waals surface area contributed by atoms with E-state index >= 15 is 0 Å². The fourth-order valence-electron chi connectivity index (χ4n) is 1.58. The number of fused-ring (bicyclic) bond motifs is 1. The fraction of sp³-hybridized carbons (Fsp3) is 0.200. The van der Waals surface area contributed by atoms with Crippen molar-refractivity contribution in [3.05, 3.63) is 29.6 Å². The zero-order valence-corrected chi connectivity index (χ0v) is 10.1. The molecule has 0 aliphatic carbocycles. The molecule has 1 radical (unpaired) electrons. The van der Waals surface area contributed by atoms with Gasteiger partial charge in [0.1, 0.15) is 6.67 Å². The molecule has 0 bridgehead atoms. The van der Waals surface area contributed by atoms with Gasteiger partial charge in [-0.05, 0) is 17.7 Å². The maximum atomic E-state index is 12.5. The van der Waals surface area contributed by atoms with Gasteiger partial charge in [0.25, 0.3) is 0 Å². The molecule has 2 rings (SSSR count). The van der Waals surface area contributed by atoms with Crippen molar-refractivity contribution in [1.82, 2.24) is 9.55 Å². The number of halogens is 1. The molecular weight excluding hydrogens is 226 g/mol. The molecule has 1 aromatic carbocycles. The number of benzene rings is 1. The summed E-state index contributed by atoms with van der Waals surface area (Å²) >= 11 is 1.11. The molecule has 81 valence electrons. The summed E-state index contributed by atoms with van der Waals surface area (Å²) < 4.78 is 18.7. The molecule has 0 aliphatic heterocycles. The van der Waals surface area contributed by atoms with Gasteiger partial charge in [0.05, 0.1) is 11.0 Å². The third-order valence-corrected chi connectivity index (χ3v) is 2.68. The molecule has 0 amide bonds. The van der Waals surface area contributed by atoms with Crippen LogP contribution in [0.1, 0.15) is 16.2 Å². The van der Waals surface area contributed by atoms with Crippen LogP contribution in [-0.4, -0.2) is 32.1 Å². The van der Waals surface area contributed by atoms with Crippen LogP contribution in [0, 0.1) is 0 Å². The van der Waals surface area contributed by atoms with Crippen molar-refractivity contribution in [3.8, 4) is 0 Å². The molecule has 1 aromatic heterocycles. The van der Waals surface area contributed by atoms with Gasteiger partial charge in [-0.15, -0.1) is 0 Å². The monoisotopic (exact) mass is 235 g/mol. The largest absolute Gasteiger partial charge is 0.619 e. The number of carbonyl (C=O) groups excluding carboxylic acids is 1. The zero-order valence-electron chi connectivity index (χ0n) is 8.74. The third-order valence-electron chi connectivity index (χ3n) is 2.41. The summed E-state index contributed by atoms with van der Waals surface area (Å²) in [6.45, 7) is -0.540. The van der Waals surface area contributed by atoms with E-state index in [-0.39, 0.29) is 5.82 Å². The van der Waals surface area contributed by atoms with Gasteiger partial charge in [-0.25, -0.2) is 14.2 Å². The van der Waals surface area contributed by atoms with E-state index in [2.05, 4.69) is 8.77 Å². The summed E-state index contributed by atoms with van der Waals surface area (Å²) in [5.41, 5.74) is 1.92. The minimum Gasteiger partial charge on any atom is -0.619 e. The summed E-state index contributed by atoms with van der Waals surface area (Å²) in [7, 11) is 1.72. The molecule has 0 N–H and O–H groups in total. The first kappa shape index (κ1) is 11.1. The van der Waals surface area contributed by atoms with Gasteiger partial charge in [0, 0.05) is 7.05 Å². The van der Waals surface area contributed by atoms with E-state index < -0.39 is 12.6 Å². The summed E-state index contributed by atoms with van der Waals surface area (Å²) in [5, 5.41) is 0. The summed E-state index contributed by atoms with van der Waals surface area (Å²) in [4.78, 5) is 15.5. The quantitative estimate of drug-likeness (QED) is 0.730. The first-order valence-corrected chi connectivity index (χ1v) is 5.22. The molecule has 0 spiro atoms. The minimum atomic E-state index is -0.540. The Bertz CT molecular complexity index is 553. The van der Waals surface area contributed by atoms with Crippen LogP contribution in [-0.2, 0) is 17.5 Å². The van der Waals surface area contributed by atoms with Crippen LogP contribution in [0.25, 0.3) is 11.0 Å². The molecule has 16 heavy (non-hydrogen) atoms. The van der Waals surface area contributed by atoms with E-state index in [1.165, 1.54) is 0 Å². The SMILES string of the molecule is Cn1c(C(=O)[O][AlH])nc2cc(CF)ccc21. The van der Waals surface area contributed by atoms with Gasteiger partial charge in [0.2, 0.25) is 5.82 Å². The van der Waals surface area contributed by atoms with E-state index in [9.17, 15) is 9.18 Å². The van der Waals surface area contributed by atoms with Crippen molar-refractivity contribution in [2.75, 3.05) is 0 Å². The number of alkyl halides is 1. The van der Waals surface area contributed by atoms with Crippen molar-refractivity contribution < 1.29 is 13.0 Å². The zero-order chi connectivity index (χ0) is 11.7. The molecule has 0 saturated heterocycles. The molecule has 6 heteroatoms. The number of hydrogen-bond donors (Lipinski definition) is 0. The predicted molar refractivity (Wildman–Crippen MR) is 58.1 cm³/mol. The molecule has 2 aromatic rings. The average Bonchev–Trinajstić information content (AvgIpc) is 2.65. The third kappa shape index (κ3) is 1.71. The summed E-state index contributed by atoms with van der Waals surface area (Å²) in [6, 6.07) is 5.04. The molecular formula is C10H9AlFN2O2. The number of rotatable bonds is 2. The number of nitrogens with zero attached hydrogens (tertiary/aromatic N) is 2. The second-order valence-electron chi connectivity index (χ2n) is 3.38.